The van der Waals surface area contributed by atoms with Crippen LogP contribution in [0.5, 0.6) is 0 Å². The average molecular weight is 484 g/mol. The lowest BCUT2D eigenvalue weighted by atomic mass is 9.76. The van der Waals surface area contributed by atoms with Crippen molar-refractivity contribution in [2.24, 2.45) is 11.8 Å². The van der Waals surface area contributed by atoms with Gasteiger partial charge in [-0.2, -0.15) is 11.8 Å². The second-order valence-corrected chi connectivity index (χ2v) is 10.3. The van der Waals surface area contributed by atoms with Crippen molar-refractivity contribution in [3.8, 4) is 0 Å². The van der Waals surface area contributed by atoms with Crippen LogP contribution in [0.25, 0.3) is 0 Å². The standard InChI is InChI=1S/C25H26ClN3O3S/c1-14-17(26)9-8-16-21(14)27-24(32)25(16)20-19(18(28-25)11-13-33-2)22(30)29(23(20)31)12-10-15-6-4-3-5-7-15/h3-9,18-20,28H,10-13H2,1-2H3,(H,27,32)/t18-,19+,20-,25+/m0/s1. The highest BCUT2D eigenvalue weighted by atomic mass is 35.5. The van der Waals surface area contributed by atoms with Gasteiger partial charge in [0.1, 0.15) is 5.54 Å². The highest BCUT2D eigenvalue weighted by Crippen LogP contribution is 2.54. The van der Waals surface area contributed by atoms with E-state index in [4.69, 9.17) is 11.6 Å². The minimum atomic E-state index is -1.26. The van der Waals surface area contributed by atoms with Crippen LogP contribution < -0.4 is 10.6 Å². The first-order valence-electron chi connectivity index (χ1n) is 11.2. The number of nitrogens with one attached hydrogen (secondary N) is 2. The van der Waals surface area contributed by atoms with Crippen LogP contribution >= 0.6 is 23.4 Å². The summed E-state index contributed by atoms with van der Waals surface area (Å²) in [6.07, 6.45) is 3.30. The van der Waals surface area contributed by atoms with Gasteiger partial charge >= 0.3 is 0 Å². The van der Waals surface area contributed by atoms with Crippen molar-refractivity contribution in [2.45, 2.75) is 31.3 Å². The second-order valence-electron chi connectivity index (χ2n) is 8.96. The van der Waals surface area contributed by atoms with Crippen molar-refractivity contribution in [3.05, 3.63) is 64.2 Å². The topological polar surface area (TPSA) is 78.5 Å². The third kappa shape index (κ3) is 3.32. The molecule has 3 aliphatic heterocycles. The molecule has 1 spiro atoms. The van der Waals surface area contributed by atoms with Crippen LogP contribution in [0, 0.1) is 18.8 Å². The summed E-state index contributed by atoms with van der Waals surface area (Å²) in [5.74, 6) is -1.23. The Bertz CT molecular complexity index is 1140. The summed E-state index contributed by atoms with van der Waals surface area (Å²) in [5, 5.41) is 6.99. The van der Waals surface area contributed by atoms with Crippen molar-refractivity contribution < 1.29 is 14.4 Å². The summed E-state index contributed by atoms with van der Waals surface area (Å²) in [4.78, 5) is 42.2. The molecule has 3 heterocycles. The Morgan fingerprint density at radius 1 is 1.09 bits per heavy atom. The first-order chi connectivity index (χ1) is 15.9. The SMILES string of the molecule is CSCC[C@@H]1N[C@@]2(C(=O)Nc3c2ccc(Cl)c3C)[C@@H]2C(=O)N(CCc3ccccc3)C(=O)[C@H]12. The Balaban J connectivity index is 1.54. The van der Waals surface area contributed by atoms with E-state index >= 15 is 0 Å². The summed E-state index contributed by atoms with van der Waals surface area (Å²) in [6.45, 7) is 2.17. The van der Waals surface area contributed by atoms with E-state index in [9.17, 15) is 14.4 Å². The molecule has 0 unspecified atom stereocenters. The summed E-state index contributed by atoms with van der Waals surface area (Å²) < 4.78 is 0. The van der Waals surface area contributed by atoms with E-state index in [0.29, 0.717) is 35.7 Å². The molecule has 4 atom stereocenters. The summed E-state index contributed by atoms with van der Waals surface area (Å²) in [6, 6.07) is 13.1. The Hall–Kier alpha value is -2.35. The fraction of sp³-hybridized carbons (Fsp3) is 0.400. The van der Waals surface area contributed by atoms with Gasteiger partial charge < -0.3 is 5.32 Å². The predicted octanol–water partition coefficient (Wildman–Crippen LogP) is 3.36. The lowest BCUT2D eigenvalue weighted by Gasteiger charge is -2.29. The van der Waals surface area contributed by atoms with Crippen LogP contribution in [-0.2, 0) is 26.3 Å². The Morgan fingerprint density at radius 2 is 1.85 bits per heavy atom. The van der Waals surface area contributed by atoms with Crippen LogP contribution in [0.4, 0.5) is 5.69 Å². The van der Waals surface area contributed by atoms with E-state index < -0.39 is 17.4 Å². The zero-order valence-electron chi connectivity index (χ0n) is 18.6. The second kappa shape index (κ2) is 8.46. The van der Waals surface area contributed by atoms with Crippen molar-refractivity contribution in [3.63, 3.8) is 0 Å². The quantitative estimate of drug-likeness (QED) is 0.616. The van der Waals surface area contributed by atoms with Crippen molar-refractivity contribution >= 4 is 46.8 Å². The number of benzene rings is 2. The Labute approximate surface area is 202 Å². The molecule has 5 rings (SSSR count). The van der Waals surface area contributed by atoms with E-state index in [0.717, 1.165) is 16.9 Å². The predicted molar refractivity (Wildman–Crippen MR) is 130 cm³/mol. The number of anilines is 1. The van der Waals surface area contributed by atoms with Crippen molar-refractivity contribution in [1.29, 1.82) is 0 Å². The van der Waals surface area contributed by atoms with Crippen molar-refractivity contribution in [2.75, 3.05) is 23.9 Å². The Morgan fingerprint density at radius 3 is 2.58 bits per heavy atom. The van der Waals surface area contributed by atoms with Crippen LogP contribution in [0.15, 0.2) is 42.5 Å². The van der Waals surface area contributed by atoms with Gasteiger partial charge in [0, 0.05) is 23.2 Å². The van der Waals surface area contributed by atoms with Gasteiger partial charge in [-0.25, -0.2) is 0 Å². The van der Waals surface area contributed by atoms with E-state index in [1.54, 1.807) is 17.8 Å². The van der Waals surface area contributed by atoms with Crippen LogP contribution in [0.2, 0.25) is 5.02 Å². The van der Waals surface area contributed by atoms with Crippen LogP contribution in [0.3, 0.4) is 0 Å². The highest BCUT2D eigenvalue weighted by Gasteiger charge is 2.70. The minimum absolute atomic E-state index is 0.177. The zero-order chi connectivity index (χ0) is 23.3. The van der Waals surface area contributed by atoms with Crippen molar-refractivity contribution in [1.82, 2.24) is 10.2 Å². The Kier molecular flexibility index (Phi) is 5.75. The number of thioether (sulfide) groups is 1. The summed E-state index contributed by atoms with van der Waals surface area (Å²) in [7, 11) is 0. The van der Waals surface area contributed by atoms with Gasteiger partial charge in [-0.05, 0) is 49.0 Å². The number of halogens is 1. The monoisotopic (exact) mass is 483 g/mol. The van der Waals surface area contributed by atoms with Gasteiger partial charge in [0.05, 0.1) is 17.5 Å². The lowest BCUT2D eigenvalue weighted by Crippen LogP contribution is -2.53. The van der Waals surface area contributed by atoms with Crippen LogP contribution in [0.1, 0.15) is 23.1 Å². The molecule has 2 aromatic carbocycles. The lowest BCUT2D eigenvalue weighted by molar-refractivity contribution is -0.142. The maximum Gasteiger partial charge on any atom is 0.250 e. The zero-order valence-corrected chi connectivity index (χ0v) is 20.1. The number of rotatable bonds is 6. The molecule has 2 fully saturated rings. The number of carbonyl (C=O) groups is 3. The molecular formula is C25H26ClN3O3S. The number of imide groups is 1. The van der Waals surface area contributed by atoms with Crippen LogP contribution in [-0.4, -0.2) is 47.2 Å². The summed E-state index contributed by atoms with van der Waals surface area (Å²) >= 11 is 8.00. The summed E-state index contributed by atoms with van der Waals surface area (Å²) in [5.41, 5.74) is 1.93. The van der Waals surface area contributed by atoms with E-state index in [1.807, 2.05) is 49.6 Å². The highest BCUT2D eigenvalue weighted by molar-refractivity contribution is 7.98. The van der Waals surface area contributed by atoms with Gasteiger partial charge in [-0.3, -0.25) is 24.6 Å². The van der Waals surface area contributed by atoms with E-state index in [-0.39, 0.29) is 23.8 Å². The molecular weight excluding hydrogens is 458 g/mol. The number of hydrogen-bond acceptors (Lipinski definition) is 5. The third-order valence-electron chi connectivity index (χ3n) is 7.28. The molecule has 2 aromatic rings. The first kappa shape index (κ1) is 22.4. The van der Waals surface area contributed by atoms with Gasteiger partial charge in [0.15, 0.2) is 0 Å². The van der Waals surface area contributed by atoms with Gasteiger partial charge in [-0.15, -0.1) is 0 Å². The maximum absolute atomic E-state index is 13.8. The molecule has 0 saturated carbocycles. The average Bonchev–Trinajstić information content (AvgIpc) is 3.39. The number of fused-ring (bicyclic) bond motifs is 4. The fourth-order valence-electron chi connectivity index (χ4n) is 5.65. The number of nitrogens with zero attached hydrogens (tertiary/aromatic N) is 1. The van der Waals surface area contributed by atoms with Gasteiger partial charge in [0.25, 0.3) is 0 Å². The molecule has 172 valence electrons. The molecule has 8 heteroatoms. The minimum Gasteiger partial charge on any atom is -0.324 e. The number of likely N-dealkylation sites (tertiary alicyclic amines) is 1. The van der Waals surface area contributed by atoms with E-state index in [2.05, 4.69) is 10.6 Å². The molecule has 3 aliphatic rings. The van der Waals surface area contributed by atoms with E-state index in [1.165, 1.54) is 4.90 Å². The molecule has 0 aliphatic carbocycles. The largest absolute Gasteiger partial charge is 0.324 e. The number of amides is 3. The number of hydrogen-bond donors (Lipinski definition) is 2. The van der Waals surface area contributed by atoms with Gasteiger partial charge in [0.2, 0.25) is 17.7 Å². The molecule has 3 amide bonds. The molecule has 2 saturated heterocycles. The molecule has 33 heavy (non-hydrogen) atoms. The van der Waals surface area contributed by atoms with Gasteiger partial charge in [-0.1, -0.05) is 48.0 Å². The maximum atomic E-state index is 13.8. The normalized spacial score (nSPS) is 27.9. The molecule has 2 N–H and O–H groups in total. The number of carbonyl (C=O) groups excluding carboxylic acids is 3. The molecule has 6 nitrogen and oxygen atoms in total. The molecule has 0 bridgehead atoms. The molecule has 0 radical (unpaired) electrons. The fourth-order valence-corrected chi connectivity index (χ4v) is 6.30. The first-order valence-corrected chi connectivity index (χ1v) is 12.9. The smallest absolute Gasteiger partial charge is 0.250 e. The molecule has 0 aromatic heterocycles. The third-order valence-corrected chi connectivity index (χ3v) is 8.33.